The predicted octanol–water partition coefficient (Wildman–Crippen LogP) is 3.60. The molecule has 2 N–H and O–H groups in total. The number of likely N-dealkylation sites (N-methyl/N-ethyl adjacent to an activating group) is 1. The molecule has 2 aromatic heterocycles. The molecule has 30 heavy (non-hydrogen) atoms. The standard InChI is InChI=1S/C20H23F3N5OS/c1-26(2)10-8-24-14-28(17-7-3-6-16(11-17)20(21,22)23)19-25-18(13-30-19)15-5-4-9-27(29)12-15/h3-7,9,11-13,24,29H,8,10,14H2,1-2H3/q+1. The fourth-order valence-corrected chi connectivity index (χ4v) is 3.60. The minimum absolute atomic E-state index is 0.302. The van der Waals surface area contributed by atoms with Crippen LogP contribution in [0.1, 0.15) is 5.56 Å². The molecule has 0 aliphatic rings. The molecule has 3 aromatic rings. The van der Waals surface area contributed by atoms with Crippen LogP contribution in [-0.4, -0.2) is 48.9 Å². The number of hydrogen-bond acceptors (Lipinski definition) is 6. The van der Waals surface area contributed by atoms with Gasteiger partial charge in [-0.05, 0) is 38.4 Å². The molecule has 0 unspecified atom stereocenters. The van der Waals surface area contributed by atoms with Gasteiger partial charge in [0.15, 0.2) is 5.13 Å². The number of aromatic nitrogens is 2. The van der Waals surface area contributed by atoms with Crippen molar-refractivity contribution in [2.45, 2.75) is 6.18 Å². The summed E-state index contributed by atoms with van der Waals surface area (Å²) in [5.41, 5.74) is 1.02. The van der Waals surface area contributed by atoms with Crippen LogP contribution < -0.4 is 14.9 Å². The highest BCUT2D eigenvalue weighted by Gasteiger charge is 2.31. The molecule has 0 saturated heterocycles. The van der Waals surface area contributed by atoms with E-state index >= 15 is 0 Å². The molecule has 0 fully saturated rings. The van der Waals surface area contributed by atoms with Gasteiger partial charge in [-0.1, -0.05) is 6.07 Å². The van der Waals surface area contributed by atoms with Gasteiger partial charge in [-0.2, -0.15) is 13.2 Å². The highest BCUT2D eigenvalue weighted by atomic mass is 32.1. The van der Waals surface area contributed by atoms with Gasteiger partial charge in [0.1, 0.15) is 0 Å². The summed E-state index contributed by atoms with van der Waals surface area (Å²) in [4.78, 5) is 8.33. The average Bonchev–Trinajstić information content (AvgIpc) is 3.17. The van der Waals surface area contributed by atoms with E-state index in [-0.39, 0.29) is 0 Å². The Morgan fingerprint density at radius 3 is 2.70 bits per heavy atom. The van der Waals surface area contributed by atoms with Crippen molar-refractivity contribution in [3.8, 4) is 11.3 Å². The minimum atomic E-state index is -4.42. The van der Waals surface area contributed by atoms with Crippen molar-refractivity contribution < 1.29 is 23.1 Å². The second-order valence-electron chi connectivity index (χ2n) is 6.93. The number of hydrogen-bond donors (Lipinski definition) is 2. The van der Waals surface area contributed by atoms with Gasteiger partial charge in [-0.15, -0.1) is 11.3 Å². The van der Waals surface area contributed by atoms with Crippen molar-refractivity contribution in [3.05, 3.63) is 59.7 Å². The van der Waals surface area contributed by atoms with Crippen LogP contribution in [0.4, 0.5) is 24.0 Å². The Morgan fingerprint density at radius 2 is 2.00 bits per heavy atom. The smallest absolute Gasteiger partial charge is 0.308 e. The zero-order valence-corrected chi connectivity index (χ0v) is 17.4. The maximum atomic E-state index is 13.2. The van der Waals surface area contributed by atoms with E-state index in [0.717, 1.165) is 23.4 Å². The number of nitrogens with zero attached hydrogens (tertiary/aromatic N) is 4. The number of thiazole rings is 1. The third-order valence-electron chi connectivity index (χ3n) is 4.30. The van der Waals surface area contributed by atoms with Crippen LogP contribution in [0, 0.1) is 0 Å². The number of nitrogens with one attached hydrogen (secondary N) is 1. The van der Waals surface area contributed by atoms with Crippen molar-refractivity contribution in [2.75, 3.05) is 38.8 Å². The normalized spacial score (nSPS) is 11.8. The molecule has 0 radical (unpaired) electrons. The molecule has 2 heterocycles. The van der Waals surface area contributed by atoms with Gasteiger partial charge in [-0.25, -0.2) is 4.98 Å². The molecule has 0 aliphatic heterocycles. The first-order chi connectivity index (χ1) is 14.2. The van der Waals surface area contributed by atoms with Gasteiger partial charge < -0.3 is 9.80 Å². The largest absolute Gasteiger partial charge is 0.416 e. The second kappa shape index (κ2) is 9.41. The van der Waals surface area contributed by atoms with Gasteiger partial charge in [0, 0.05) is 35.0 Å². The molecule has 0 bridgehead atoms. The van der Waals surface area contributed by atoms with Gasteiger partial charge in [-0.3, -0.25) is 10.5 Å². The Labute approximate surface area is 176 Å². The summed E-state index contributed by atoms with van der Waals surface area (Å²) in [5.74, 6) is 0. The molecule has 0 spiro atoms. The van der Waals surface area contributed by atoms with E-state index in [1.807, 2.05) is 24.4 Å². The van der Waals surface area contributed by atoms with Gasteiger partial charge in [0.05, 0.1) is 23.5 Å². The lowest BCUT2D eigenvalue weighted by Crippen LogP contribution is -2.35. The number of rotatable bonds is 8. The lowest BCUT2D eigenvalue weighted by atomic mass is 10.2. The van der Waals surface area contributed by atoms with Crippen LogP contribution in [-0.2, 0) is 6.18 Å². The van der Waals surface area contributed by atoms with Crippen LogP contribution in [0.5, 0.6) is 0 Å². The summed E-state index contributed by atoms with van der Waals surface area (Å²) in [7, 11) is 3.90. The summed E-state index contributed by atoms with van der Waals surface area (Å²) >= 11 is 1.32. The quantitative estimate of drug-likeness (QED) is 0.244. The first kappa shape index (κ1) is 22.0. The molecule has 10 heteroatoms. The number of pyridine rings is 1. The van der Waals surface area contributed by atoms with Gasteiger partial charge in [0.25, 0.3) is 0 Å². The Balaban J connectivity index is 1.90. The van der Waals surface area contributed by atoms with Crippen LogP contribution in [0.15, 0.2) is 54.2 Å². The minimum Gasteiger partial charge on any atom is -0.308 e. The molecule has 0 atom stereocenters. The van der Waals surface area contributed by atoms with E-state index in [1.54, 1.807) is 23.1 Å². The molecule has 0 aliphatic carbocycles. The predicted molar refractivity (Wildman–Crippen MR) is 110 cm³/mol. The third kappa shape index (κ3) is 5.68. The van der Waals surface area contributed by atoms with E-state index in [1.165, 1.54) is 29.8 Å². The topological polar surface area (TPSA) is 55.5 Å². The van der Waals surface area contributed by atoms with Crippen molar-refractivity contribution >= 4 is 22.2 Å². The number of benzene rings is 1. The van der Waals surface area contributed by atoms with Crippen molar-refractivity contribution in [2.24, 2.45) is 0 Å². The lowest BCUT2D eigenvalue weighted by molar-refractivity contribution is -0.904. The van der Waals surface area contributed by atoms with Crippen molar-refractivity contribution in [3.63, 3.8) is 0 Å². The molecule has 0 amide bonds. The van der Waals surface area contributed by atoms with E-state index in [2.05, 4.69) is 10.3 Å². The van der Waals surface area contributed by atoms with Crippen LogP contribution in [0.25, 0.3) is 11.3 Å². The average molecular weight is 438 g/mol. The lowest BCUT2D eigenvalue weighted by Gasteiger charge is -2.24. The zero-order valence-electron chi connectivity index (χ0n) is 16.6. The summed E-state index contributed by atoms with van der Waals surface area (Å²) in [6.07, 6.45) is -1.42. The Morgan fingerprint density at radius 1 is 1.20 bits per heavy atom. The first-order valence-electron chi connectivity index (χ1n) is 9.21. The SMILES string of the molecule is CN(C)CCNCN(c1cccc(C(F)(F)F)c1)c1nc(-c2ccc[n+](O)c2)cs1. The maximum absolute atomic E-state index is 13.2. The first-order valence-corrected chi connectivity index (χ1v) is 10.1. The highest BCUT2D eigenvalue weighted by molar-refractivity contribution is 7.14. The van der Waals surface area contributed by atoms with Crippen LogP contribution in [0.2, 0.25) is 0 Å². The van der Waals surface area contributed by atoms with E-state index < -0.39 is 11.7 Å². The molecule has 1 aromatic carbocycles. The molecule has 0 saturated carbocycles. The highest BCUT2D eigenvalue weighted by Crippen LogP contribution is 2.35. The summed E-state index contributed by atoms with van der Waals surface area (Å²) in [5, 5.41) is 15.2. The zero-order chi connectivity index (χ0) is 21.7. The molecule has 3 rings (SSSR count). The Kier molecular flexibility index (Phi) is 6.91. The van der Waals surface area contributed by atoms with E-state index in [4.69, 9.17) is 0 Å². The van der Waals surface area contributed by atoms with E-state index in [9.17, 15) is 18.4 Å². The summed E-state index contributed by atoms with van der Waals surface area (Å²) in [6, 6.07) is 8.69. The van der Waals surface area contributed by atoms with Crippen LogP contribution in [0.3, 0.4) is 0 Å². The third-order valence-corrected chi connectivity index (χ3v) is 5.16. The Hall–Kier alpha value is -2.69. The summed E-state index contributed by atoms with van der Waals surface area (Å²) in [6.45, 7) is 1.76. The monoisotopic (exact) mass is 438 g/mol. The molecule has 160 valence electrons. The fraction of sp³-hybridized carbons (Fsp3) is 0.300. The van der Waals surface area contributed by atoms with Gasteiger partial charge in [0.2, 0.25) is 12.4 Å². The maximum Gasteiger partial charge on any atom is 0.416 e. The van der Waals surface area contributed by atoms with Crippen molar-refractivity contribution in [1.82, 2.24) is 15.2 Å². The van der Waals surface area contributed by atoms with Gasteiger partial charge >= 0.3 is 6.18 Å². The fourth-order valence-electron chi connectivity index (χ4n) is 2.75. The van der Waals surface area contributed by atoms with E-state index in [0.29, 0.717) is 35.3 Å². The number of alkyl halides is 3. The Bertz CT molecular complexity index is 977. The van der Waals surface area contributed by atoms with Crippen LogP contribution >= 0.6 is 11.3 Å². The number of anilines is 2. The van der Waals surface area contributed by atoms with Crippen molar-refractivity contribution in [1.29, 1.82) is 0 Å². The summed E-state index contributed by atoms with van der Waals surface area (Å²) < 4.78 is 40.6. The second-order valence-corrected chi connectivity index (χ2v) is 7.76. The number of halogens is 3. The molecular weight excluding hydrogens is 415 g/mol. The molecule has 6 nitrogen and oxygen atoms in total. The molecular formula is C20H23F3N5OS+.